The van der Waals surface area contributed by atoms with E-state index in [2.05, 4.69) is 46.1 Å². The van der Waals surface area contributed by atoms with Gasteiger partial charge in [-0.15, -0.1) is 0 Å². The average molecular weight is 418 g/mol. The lowest BCUT2D eigenvalue weighted by Crippen LogP contribution is -2.49. The van der Waals surface area contributed by atoms with Gasteiger partial charge >= 0.3 is 0 Å². The Kier molecular flexibility index (Phi) is 6.89. The lowest BCUT2D eigenvalue weighted by molar-refractivity contribution is -0.116. The van der Waals surface area contributed by atoms with Crippen molar-refractivity contribution in [3.05, 3.63) is 53.2 Å². The molecule has 4 rings (SSSR count). The number of carbonyl (C=O) groups excluding carboxylic acids is 1. The van der Waals surface area contributed by atoms with E-state index < -0.39 is 0 Å². The number of amides is 1. The lowest BCUT2D eigenvalue weighted by Gasteiger charge is -2.36. The van der Waals surface area contributed by atoms with Gasteiger partial charge in [-0.2, -0.15) is 0 Å². The molecule has 0 spiro atoms. The molecule has 2 aromatic rings. The number of fused-ring (bicyclic) bond motifs is 1. The molecule has 1 saturated heterocycles. The highest BCUT2D eigenvalue weighted by atomic mass is 16.1. The van der Waals surface area contributed by atoms with Crippen LogP contribution in [0, 0.1) is 0 Å². The molecule has 1 aliphatic carbocycles. The first-order valence-corrected chi connectivity index (χ1v) is 11.2. The predicted octanol–water partition coefficient (Wildman–Crippen LogP) is 2.02. The molecule has 162 valence electrons. The number of carbonyl (C=O) groups is 1. The van der Waals surface area contributed by atoms with Crippen molar-refractivity contribution < 1.29 is 4.79 Å². The standard InChI is InChI=1S/C25H31N5O/c1-19(2)30-15-13-29(14-16-30)12-11-24(31)27-22-9-6-8-20(17-22)25-26-18-21-7-4-3-5-10-23(21)28-25/h3,5-10,17-19H,4,11-16H2,1-2H3,(H,27,31). The van der Waals surface area contributed by atoms with E-state index >= 15 is 0 Å². The van der Waals surface area contributed by atoms with Crippen LogP contribution in [0.3, 0.4) is 0 Å². The first-order valence-electron chi connectivity index (χ1n) is 11.2. The van der Waals surface area contributed by atoms with Gasteiger partial charge in [0.05, 0.1) is 5.35 Å². The molecule has 2 heterocycles. The third-order valence-corrected chi connectivity index (χ3v) is 5.91. The van der Waals surface area contributed by atoms with E-state index in [0.717, 1.165) is 61.0 Å². The molecule has 1 aromatic carbocycles. The van der Waals surface area contributed by atoms with Crippen molar-refractivity contribution in [1.82, 2.24) is 19.8 Å². The SMILES string of the molecule is CC(C)N1CCN(CCC(=O)Nc2cccc(-c3ncc4c(n3)=CC=CCC=4)c2)CC1. The van der Waals surface area contributed by atoms with Crippen LogP contribution in [-0.2, 0) is 4.79 Å². The number of hydrogen-bond acceptors (Lipinski definition) is 5. The second-order valence-corrected chi connectivity index (χ2v) is 8.42. The van der Waals surface area contributed by atoms with Crippen LogP contribution < -0.4 is 15.9 Å². The van der Waals surface area contributed by atoms with Gasteiger partial charge in [0.2, 0.25) is 5.91 Å². The van der Waals surface area contributed by atoms with Crippen LogP contribution in [0.1, 0.15) is 26.7 Å². The molecule has 0 saturated carbocycles. The quantitative estimate of drug-likeness (QED) is 0.779. The van der Waals surface area contributed by atoms with Crippen LogP contribution in [0.25, 0.3) is 23.5 Å². The minimum Gasteiger partial charge on any atom is -0.326 e. The Labute approximate surface area is 184 Å². The van der Waals surface area contributed by atoms with E-state index in [1.165, 1.54) is 0 Å². The maximum absolute atomic E-state index is 12.5. The molecule has 2 aliphatic rings. The summed E-state index contributed by atoms with van der Waals surface area (Å²) in [7, 11) is 0. The Bertz CT molecular complexity index is 1070. The van der Waals surface area contributed by atoms with Crippen molar-refractivity contribution in [2.75, 3.05) is 38.0 Å². The van der Waals surface area contributed by atoms with Crippen molar-refractivity contribution in [3.8, 4) is 11.4 Å². The molecule has 1 amide bonds. The largest absolute Gasteiger partial charge is 0.326 e. The molecular formula is C25H31N5O. The molecule has 0 radical (unpaired) electrons. The Morgan fingerprint density at radius 2 is 2.03 bits per heavy atom. The summed E-state index contributed by atoms with van der Waals surface area (Å²) < 4.78 is 0. The average Bonchev–Trinajstić information content (AvgIpc) is 3.03. The third-order valence-electron chi connectivity index (χ3n) is 5.91. The summed E-state index contributed by atoms with van der Waals surface area (Å²) in [5.74, 6) is 0.706. The van der Waals surface area contributed by atoms with Gasteiger partial charge in [-0.3, -0.25) is 9.69 Å². The normalized spacial score (nSPS) is 16.9. The third kappa shape index (κ3) is 5.66. The predicted molar refractivity (Wildman–Crippen MR) is 126 cm³/mol. The van der Waals surface area contributed by atoms with Gasteiger partial charge in [-0.1, -0.05) is 30.4 Å². The molecular weight excluding hydrogens is 386 g/mol. The zero-order valence-corrected chi connectivity index (χ0v) is 18.4. The van der Waals surface area contributed by atoms with Gasteiger partial charge in [-0.05, 0) is 38.5 Å². The summed E-state index contributed by atoms with van der Waals surface area (Å²) in [5, 5.41) is 5.00. The Morgan fingerprint density at radius 1 is 1.19 bits per heavy atom. The molecule has 0 atom stereocenters. The van der Waals surface area contributed by atoms with Crippen molar-refractivity contribution in [2.24, 2.45) is 0 Å². The number of piperazine rings is 1. The van der Waals surface area contributed by atoms with Crippen LogP contribution in [0.2, 0.25) is 0 Å². The summed E-state index contributed by atoms with van der Waals surface area (Å²) in [5.41, 5.74) is 1.67. The molecule has 1 fully saturated rings. The Balaban J connectivity index is 1.36. The maximum Gasteiger partial charge on any atom is 0.225 e. The summed E-state index contributed by atoms with van der Waals surface area (Å²) in [4.78, 5) is 26.6. The fourth-order valence-electron chi connectivity index (χ4n) is 3.99. The minimum atomic E-state index is 0.0411. The number of benzene rings is 1. The summed E-state index contributed by atoms with van der Waals surface area (Å²) in [6.07, 6.45) is 11.5. The van der Waals surface area contributed by atoms with E-state index in [-0.39, 0.29) is 5.91 Å². The topological polar surface area (TPSA) is 61.4 Å². The molecule has 1 aromatic heterocycles. The van der Waals surface area contributed by atoms with Crippen LogP contribution >= 0.6 is 0 Å². The van der Waals surface area contributed by atoms with Gasteiger partial charge in [-0.25, -0.2) is 9.97 Å². The number of rotatable bonds is 6. The van der Waals surface area contributed by atoms with Gasteiger partial charge in [0.25, 0.3) is 0 Å². The van der Waals surface area contributed by atoms with Gasteiger partial charge in [0.1, 0.15) is 0 Å². The van der Waals surface area contributed by atoms with Crippen LogP contribution in [-0.4, -0.2) is 64.4 Å². The Hall–Kier alpha value is -2.83. The first kappa shape index (κ1) is 21.4. The van der Waals surface area contributed by atoms with Crippen molar-refractivity contribution in [3.63, 3.8) is 0 Å². The zero-order chi connectivity index (χ0) is 21.6. The highest BCUT2D eigenvalue weighted by Crippen LogP contribution is 2.18. The molecule has 31 heavy (non-hydrogen) atoms. The van der Waals surface area contributed by atoms with Crippen molar-refractivity contribution in [1.29, 1.82) is 0 Å². The monoisotopic (exact) mass is 417 g/mol. The second kappa shape index (κ2) is 9.98. The molecule has 0 unspecified atom stereocenters. The minimum absolute atomic E-state index is 0.0411. The van der Waals surface area contributed by atoms with Gasteiger partial charge < -0.3 is 10.2 Å². The van der Waals surface area contributed by atoms with E-state index in [1.54, 1.807) is 0 Å². The fourth-order valence-corrected chi connectivity index (χ4v) is 3.99. The summed E-state index contributed by atoms with van der Waals surface area (Å²) in [6, 6.07) is 8.35. The molecule has 0 bridgehead atoms. The fraction of sp³-hybridized carbons (Fsp3) is 0.400. The molecule has 6 nitrogen and oxygen atoms in total. The van der Waals surface area contributed by atoms with Crippen LogP contribution in [0.5, 0.6) is 0 Å². The van der Waals surface area contributed by atoms with Crippen molar-refractivity contribution in [2.45, 2.75) is 32.7 Å². The lowest BCUT2D eigenvalue weighted by atomic mass is 10.1. The molecule has 6 heteroatoms. The van der Waals surface area contributed by atoms with E-state index in [4.69, 9.17) is 4.98 Å². The summed E-state index contributed by atoms with van der Waals surface area (Å²) >= 11 is 0. The molecule has 1 N–H and O–H groups in total. The number of nitrogens with zero attached hydrogens (tertiary/aromatic N) is 4. The Morgan fingerprint density at radius 3 is 2.84 bits per heavy atom. The number of nitrogens with one attached hydrogen (secondary N) is 1. The number of aromatic nitrogens is 2. The number of hydrogen-bond donors (Lipinski definition) is 1. The van der Waals surface area contributed by atoms with E-state index in [0.29, 0.717) is 18.3 Å². The first-order chi connectivity index (χ1) is 15.1. The highest BCUT2D eigenvalue weighted by Gasteiger charge is 2.19. The van der Waals surface area contributed by atoms with Gasteiger partial charge in [0, 0.05) is 67.9 Å². The maximum atomic E-state index is 12.5. The van der Waals surface area contributed by atoms with Crippen LogP contribution in [0.4, 0.5) is 5.69 Å². The zero-order valence-electron chi connectivity index (χ0n) is 18.4. The number of anilines is 1. The van der Waals surface area contributed by atoms with Crippen LogP contribution in [0.15, 0.2) is 42.6 Å². The highest BCUT2D eigenvalue weighted by molar-refractivity contribution is 5.91. The van der Waals surface area contributed by atoms with E-state index in [9.17, 15) is 4.79 Å². The van der Waals surface area contributed by atoms with E-state index in [1.807, 2.05) is 42.6 Å². The second-order valence-electron chi connectivity index (χ2n) is 8.42. The number of allylic oxidation sites excluding steroid dienone is 2. The molecule has 1 aliphatic heterocycles. The summed E-state index contributed by atoms with van der Waals surface area (Å²) in [6.45, 7) is 9.48. The van der Waals surface area contributed by atoms with Crippen molar-refractivity contribution >= 4 is 23.7 Å². The van der Waals surface area contributed by atoms with Gasteiger partial charge in [0.15, 0.2) is 5.82 Å². The smallest absolute Gasteiger partial charge is 0.225 e.